The third kappa shape index (κ3) is 8.75. The van der Waals surface area contributed by atoms with E-state index in [9.17, 15) is 9.90 Å². The highest BCUT2D eigenvalue weighted by molar-refractivity contribution is 5.84. The predicted octanol–water partition coefficient (Wildman–Crippen LogP) is 4.95. The van der Waals surface area contributed by atoms with Crippen molar-refractivity contribution >= 4 is 5.78 Å². The summed E-state index contributed by atoms with van der Waals surface area (Å²) in [5.41, 5.74) is 3.23. The maximum atomic E-state index is 12.0. The molecule has 0 spiro atoms. The number of phenolic OH excluding ortho intramolecular Hbond substituents is 1. The number of carbonyl (C=O) groups excluding carboxylic acids is 1. The van der Waals surface area contributed by atoms with Crippen molar-refractivity contribution in [2.24, 2.45) is 0 Å². The van der Waals surface area contributed by atoms with Crippen LogP contribution < -0.4 is 5.32 Å². The van der Waals surface area contributed by atoms with E-state index in [0.717, 1.165) is 16.7 Å². The predicted molar refractivity (Wildman–Crippen MR) is 101 cm³/mol. The minimum Gasteiger partial charge on any atom is -0.508 e. The van der Waals surface area contributed by atoms with Gasteiger partial charge in [-0.1, -0.05) is 48.5 Å². The van der Waals surface area contributed by atoms with Crippen molar-refractivity contribution < 1.29 is 9.90 Å². The van der Waals surface area contributed by atoms with Crippen LogP contribution in [0, 0.1) is 13.8 Å². The number of benzene rings is 1. The van der Waals surface area contributed by atoms with E-state index < -0.39 is 0 Å². The summed E-state index contributed by atoms with van der Waals surface area (Å²) in [4.78, 5) is 12.0. The number of aryl methyl sites for hydroxylation is 2. The second-order valence-corrected chi connectivity index (χ2v) is 5.46. The first kappa shape index (κ1) is 23.9. The topological polar surface area (TPSA) is 49.3 Å². The number of rotatable bonds is 6. The van der Waals surface area contributed by atoms with Crippen molar-refractivity contribution in [3.05, 3.63) is 28.8 Å². The maximum Gasteiger partial charge on any atom is 0.149 e. The fraction of sp³-hybridized carbons (Fsp3) is 0.650. The molecular formula is C20H37NO2. The Labute approximate surface area is 143 Å². The molecule has 0 radical (unpaired) electrons. The second-order valence-electron chi connectivity index (χ2n) is 5.46. The van der Waals surface area contributed by atoms with Gasteiger partial charge in [-0.25, -0.2) is 0 Å². The highest BCUT2D eigenvalue weighted by atomic mass is 16.3. The van der Waals surface area contributed by atoms with E-state index in [1.807, 2.05) is 62.3 Å². The van der Waals surface area contributed by atoms with Gasteiger partial charge in [0.1, 0.15) is 11.5 Å². The Hall–Kier alpha value is -1.35. The zero-order valence-electron chi connectivity index (χ0n) is 16.6. The van der Waals surface area contributed by atoms with Gasteiger partial charge in [0.05, 0.1) is 6.04 Å². The summed E-state index contributed by atoms with van der Waals surface area (Å²) in [5, 5.41) is 12.9. The monoisotopic (exact) mass is 323 g/mol. The molecule has 23 heavy (non-hydrogen) atoms. The molecule has 134 valence electrons. The molecule has 0 aromatic heterocycles. The normalized spacial score (nSPS) is 11.0. The molecule has 0 saturated heterocycles. The molecule has 0 aliphatic heterocycles. The smallest absolute Gasteiger partial charge is 0.149 e. The number of phenols is 1. The highest BCUT2D eigenvalue weighted by Crippen LogP contribution is 2.22. The van der Waals surface area contributed by atoms with Gasteiger partial charge in [0.25, 0.3) is 0 Å². The van der Waals surface area contributed by atoms with E-state index in [4.69, 9.17) is 0 Å². The quantitative estimate of drug-likeness (QED) is 0.778. The molecule has 0 fully saturated rings. The van der Waals surface area contributed by atoms with E-state index in [1.165, 1.54) is 0 Å². The van der Waals surface area contributed by atoms with E-state index in [0.29, 0.717) is 12.8 Å². The number of ketones is 1. The molecule has 1 aromatic carbocycles. The lowest BCUT2D eigenvalue weighted by atomic mass is 9.93. The fourth-order valence-corrected chi connectivity index (χ4v) is 2.41. The van der Waals surface area contributed by atoms with Gasteiger partial charge in [-0.05, 0) is 49.1 Å². The van der Waals surface area contributed by atoms with E-state index >= 15 is 0 Å². The van der Waals surface area contributed by atoms with Gasteiger partial charge in [0, 0.05) is 12.5 Å². The SMILES string of the molecule is CC.CC.CCC(=O)C(Cc1c(C)cc(O)cc1C)NC(C)C. The third-order valence-corrected chi connectivity index (χ3v) is 3.36. The van der Waals surface area contributed by atoms with Gasteiger partial charge in [-0.15, -0.1) is 0 Å². The van der Waals surface area contributed by atoms with Gasteiger partial charge < -0.3 is 10.4 Å². The second kappa shape index (κ2) is 13.1. The van der Waals surface area contributed by atoms with Crippen LogP contribution in [0.15, 0.2) is 12.1 Å². The number of Topliss-reactive ketones (excluding diaryl/α,β-unsaturated/α-hetero) is 1. The molecule has 0 amide bonds. The van der Waals surface area contributed by atoms with Crippen molar-refractivity contribution in [3.8, 4) is 5.75 Å². The molecule has 0 bridgehead atoms. The standard InChI is InChI=1S/C16H25NO2.2C2H6/c1-6-16(19)15(17-10(2)3)9-14-11(4)7-13(18)8-12(14)5;2*1-2/h7-8,10,15,17-18H,6,9H2,1-5H3;2*1-2H3. The van der Waals surface area contributed by atoms with Crippen molar-refractivity contribution in [1.82, 2.24) is 5.32 Å². The molecule has 3 nitrogen and oxygen atoms in total. The van der Waals surface area contributed by atoms with Crippen molar-refractivity contribution in [3.63, 3.8) is 0 Å². The van der Waals surface area contributed by atoms with Crippen molar-refractivity contribution in [2.75, 3.05) is 0 Å². The van der Waals surface area contributed by atoms with E-state index in [1.54, 1.807) is 12.1 Å². The van der Waals surface area contributed by atoms with Crippen LogP contribution in [0.5, 0.6) is 5.75 Å². The summed E-state index contributed by atoms with van der Waals surface area (Å²) >= 11 is 0. The van der Waals surface area contributed by atoms with Crippen LogP contribution in [-0.2, 0) is 11.2 Å². The summed E-state index contributed by atoms with van der Waals surface area (Å²) in [6.45, 7) is 17.9. The number of hydrogen-bond donors (Lipinski definition) is 2. The average Bonchev–Trinajstić information content (AvgIpc) is 2.52. The Morgan fingerprint density at radius 1 is 1.09 bits per heavy atom. The molecule has 1 rings (SSSR count). The third-order valence-electron chi connectivity index (χ3n) is 3.36. The molecule has 0 heterocycles. The lowest BCUT2D eigenvalue weighted by Crippen LogP contribution is -2.42. The van der Waals surface area contributed by atoms with Crippen LogP contribution in [0.4, 0.5) is 0 Å². The van der Waals surface area contributed by atoms with Crippen LogP contribution in [0.2, 0.25) is 0 Å². The lowest BCUT2D eigenvalue weighted by molar-refractivity contribution is -0.120. The van der Waals surface area contributed by atoms with Gasteiger partial charge in [0.15, 0.2) is 0 Å². The Morgan fingerprint density at radius 3 is 1.87 bits per heavy atom. The van der Waals surface area contributed by atoms with Gasteiger partial charge in [-0.2, -0.15) is 0 Å². The number of carbonyl (C=O) groups is 1. The maximum absolute atomic E-state index is 12.0. The molecular weight excluding hydrogens is 286 g/mol. The summed E-state index contributed by atoms with van der Waals surface area (Å²) < 4.78 is 0. The first-order valence-electron chi connectivity index (χ1n) is 8.93. The zero-order chi connectivity index (χ0) is 18.6. The molecule has 3 heteroatoms. The molecule has 0 aliphatic carbocycles. The Morgan fingerprint density at radius 2 is 1.52 bits per heavy atom. The molecule has 0 aliphatic rings. The fourth-order valence-electron chi connectivity index (χ4n) is 2.41. The molecule has 1 aromatic rings. The van der Waals surface area contributed by atoms with Crippen molar-refractivity contribution in [1.29, 1.82) is 0 Å². The molecule has 1 atom stereocenters. The minimum atomic E-state index is -0.146. The van der Waals surface area contributed by atoms with E-state index in [-0.39, 0.29) is 23.6 Å². The van der Waals surface area contributed by atoms with Gasteiger partial charge in [0.2, 0.25) is 0 Å². The van der Waals surface area contributed by atoms with Gasteiger partial charge >= 0.3 is 0 Å². The molecule has 2 N–H and O–H groups in total. The average molecular weight is 324 g/mol. The number of nitrogens with one attached hydrogen (secondary N) is 1. The summed E-state index contributed by atoms with van der Waals surface area (Å²) in [5.74, 6) is 0.523. The van der Waals surface area contributed by atoms with Gasteiger partial charge in [-0.3, -0.25) is 4.79 Å². The first-order valence-corrected chi connectivity index (χ1v) is 8.93. The number of aromatic hydroxyl groups is 1. The van der Waals surface area contributed by atoms with Crippen LogP contribution in [0.25, 0.3) is 0 Å². The lowest BCUT2D eigenvalue weighted by Gasteiger charge is -2.22. The minimum absolute atomic E-state index is 0.146. The Balaban J connectivity index is 0. The summed E-state index contributed by atoms with van der Waals surface area (Å²) in [7, 11) is 0. The highest BCUT2D eigenvalue weighted by Gasteiger charge is 2.20. The van der Waals surface area contributed by atoms with E-state index in [2.05, 4.69) is 5.32 Å². The van der Waals surface area contributed by atoms with Crippen LogP contribution in [-0.4, -0.2) is 23.0 Å². The largest absolute Gasteiger partial charge is 0.508 e. The van der Waals surface area contributed by atoms with Crippen LogP contribution in [0.1, 0.15) is 71.6 Å². The Bertz CT molecular complexity index is 430. The first-order chi connectivity index (χ1) is 10.8. The molecule has 0 saturated carbocycles. The Kier molecular flexibility index (Phi) is 13.6. The van der Waals surface area contributed by atoms with Crippen molar-refractivity contribution in [2.45, 2.75) is 87.2 Å². The summed E-state index contributed by atoms with van der Waals surface area (Å²) in [6, 6.07) is 3.64. The number of hydrogen-bond acceptors (Lipinski definition) is 3. The zero-order valence-corrected chi connectivity index (χ0v) is 16.6. The van der Waals surface area contributed by atoms with Crippen LogP contribution in [0.3, 0.4) is 0 Å². The molecule has 1 unspecified atom stereocenters. The van der Waals surface area contributed by atoms with Crippen LogP contribution >= 0.6 is 0 Å². The summed E-state index contributed by atoms with van der Waals surface area (Å²) in [6.07, 6.45) is 1.23.